The van der Waals surface area contributed by atoms with Gasteiger partial charge in [-0.05, 0) is 18.9 Å². The third-order valence-electron chi connectivity index (χ3n) is 3.33. The minimum atomic E-state index is -0.886. The van der Waals surface area contributed by atoms with Gasteiger partial charge in [0.25, 0.3) is 5.91 Å². The first-order valence-electron chi connectivity index (χ1n) is 6.25. The summed E-state index contributed by atoms with van der Waals surface area (Å²) in [6, 6.07) is 1.79. The van der Waals surface area contributed by atoms with Gasteiger partial charge in [-0.25, -0.2) is 0 Å². The fourth-order valence-electron chi connectivity index (χ4n) is 2.04. The number of aromatic nitrogens is 1. The van der Waals surface area contributed by atoms with E-state index in [0.717, 1.165) is 12.8 Å². The Labute approximate surface area is 116 Å². The molecule has 6 heteroatoms. The van der Waals surface area contributed by atoms with Gasteiger partial charge in [-0.1, -0.05) is 18.5 Å². The number of carbonyl (C=O) groups is 2. The summed E-state index contributed by atoms with van der Waals surface area (Å²) < 4.78 is 1.67. The SMILES string of the molecule is CC(CN(C(=O)c1cc(Cl)cn1C)C1CC1)C(=O)O. The van der Waals surface area contributed by atoms with Crippen LogP contribution in [0.2, 0.25) is 5.02 Å². The lowest BCUT2D eigenvalue weighted by molar-refractivity contribution is -0.141. The molecule has 0 bridgehead atoms. The first-order valence-corrected chi connectivity index (χ1v) is 6.63. The summed E-state index contributed by atoms with van der Waals surface area (Å²) in [7, 11) is 1.75. The quantitative estimate of drug-likeness (QED) is 0.899. The average molecular weight is 285 g/mol. The van der Waals surface area contributed by atoms with Crippen LogP contribution < -0.4 is 0 Å². The molecule has 0 radical (unpaired) electrons. The number of carboxylic acid groups (broad SMARTS) is 1. The van der Waals surface area contributed by atoms with Crippen LogP contribution >= 0.6 is 11.6 Å². The molecule has 2 rings (SSSR count). The van der Waals surface area contributed by atoms with Crippen LogP contribution in [0, 0.1) is 5.92 Å². The van der Waals surface area contributed by atoms with E-state index in [1.165, 1.54) is 0 Å². The lowest BCUT2D eigenvalue weighted by atomic mass is 10.1. The van der Waals surface area contributed by atoms with Crippen LogP contribution in [-0.2, 0) is 11.8 Å². The lowest BCUT2D eigenvalue weighted by Gasteiger charge is -2.24. The molecule has 0 aromatic carbocycles. The summed E-state index contributed by atoms with van der Waals surface area (Å²) in [5.41, 5.74) is 0.495. The van der Waals surface area contributed by atoms with E-state index in [4.69, 9.17) is 16.7 Å². The highest BCUT2D eigenvalue weighted by molar-refractivity contribution is 6.31. The van der Waals surface area contributed by atoms with E-state index in [9.17, 15) is 9.59 Å². The van der Waals surface area contributed by atoms with Gasteiger partial charge in [0.05, 0.1) is 10.9 Å². The second-order valence-electron chi connectivity index (χ2n) is 5.08. The topological polar surface area (TPSA) is 62.5 Å². The monoisotopic (exact) mass is 284 g/mol. The van der Waals surface area contributed by atoms with Crippen molar-refractivity contribution in [1.82, 2.24) is 9.47 Å². The van der Waals surface area contributed by atoms with Crippen molar-refractivity contribution in [3.05, 3.63) is 23.0 Å². The first-order chi connectivity index (χ1) is 8.90. The van der Waals surface area contributed by atoms with Crippen LogP contribution in [0.4, 0.5) is 0 Å². The number of halogens is 1. The molecule has 19 heavy (non-hydrogen) atoms. The Bertz CT molecular complexity index is 508. The molecule has 1 aromatic rings. The molecule has 1 heterocycles. The Morgan fingerprint density at radius 3 is 2.63 bits per heavy atom. The third kappa shape index (κ3) is 3.10. The third-order valence-corrected chi connectivity index (χ3v) is 3.54. The predicted molar refractivity (Wildman–Crippen MR) is 71.3 cm³/mol. The molecule has 0 saturated heterocycles. The Morgan fingerprint density at radius 1 is 1.58 bits per heavy atom. The van der Waals surface area contributed by atoms with Gasteiger partial charge in [0.1, 0.15) is 5.69 Å². The highest BCUT2D eigenvalue weighted by atomic mass is 35.5. The van der Waals surface area contributed by atoms with Gasteiger partial charge in [-0.3, -0.25) is 9.59 Å². The van der Waals surface area contributed by atoms with E-state index in [0.29, 0.717) is 10.7 Å². The number of nitrogens with zero attached hydrogens (tertiary/aromatic N) is 2. The summed E-state index contributed by atoms with van der Waals surface area (Å²) in [6.07, 6.45) is 3.55. The van der Waals surface area contributed by atoms with Crippen molar-refractivity contribution in [3.8, 4) is 0 Å². The zero-order valence-electron chi connectivity index (χ0n) is 11.0. The average Bonchev–Trinajstić information content (AvgIpc) is 3.10. The van der Waals surface area contributed by atoms with Crippen LogP contribution in [-0.4, -0.2) is 39.0 Å². The number of hydrogen-bond acceptors (Lipinski definition) is 2. The van der Waals surface area contributed by atoms with Gasteiger partial charge >= 0.3 is 5.97 Å². The van der Waals surface area contributed by atoms with Crippen molar-refractivity contribution in [2.75, 3.05) is 6.54 Å². The predicted octanol–water partition coefficient (Wildman–Crippen LogP) is 2.00. The maximum absolute atomic E-state index is 12.5. The van der Waals surface area contributed by atoms with E-state index < -0.39 is 11.9 Å². The number of aryl methyl sites for hydroxylation is 1. The molecule has 104 valence electrons. The summed E-state index contributed by atoms with van der Waals surface area (Å²) >= 11 is 5.88. The van der Waals surface area contributed by atoms with Gasteiger partial charge in [0, 0.05) is 25.8 Å². The molecule has 5 nitrogen and oxygen atoms in total. The van der Waals surface area contributed by atoms with Gasteiger partial charge in [-0.2, -0.15) is 0 Å². The molecule has 1 N–H and O–H groups in total. The molecule has 1 aliphatic carbocycles. The second-order valence-corrected chi connectivity index (χ2v) is 5.52. The van der Waals surface area contributed by atoms with Crippen LogP contribution in [0.1, 0.15) is 30.3 Å². The molecular formula is C13H17ClN2O3. The number of rotatable bonds is 5. The molecule has 1 fully saturated rings. The molecular weight excluding hydrogens is 268 g/mol. The molecule has 0 spiro atoms. The number of aliphatic carboxylic acids is 1. The second kappa shape index (κ2) is 5.25. The van der Waals surface area contributed by atoms with Crippen molar-refractivity contribution < 1.29 is 14.7 Å². The minimum absolute atomic E-state index is 0.148. The summed E-state index contributed by atoms with van der Waals surface area (Å²) in [5, 5.41) is 9.49. The highest BCUT2D eigenvalue weighted by Gasteiger charge is 2.35. The number of amides is 1. The number of hydrogen-bond donors (Lipinski definition) is 1. The molecule has 1 unspecified atom stereocenters. The maximum atomic E-state index is 12.5. The Kier molecular flexibility index (Phi) is 3.85. The van der Waals surface area contributed by atoms with Crippen LogP contribution in [0.3, 0.4) is 0 Å². The zero-order valence-corrected chi connectivity index (χ0v) is 11.7. The summed E-state index contributed by atoms with van der Waals surface area (Å²) in [5.74, 6) is -1.60. The molecule has 1 atom stereocenters. The molecule has 0 aliphatic heterocycles. The lowest BCUT2D eigenvalue weighted by Crippen LogP contribution is -2.39. The van der Waals surface area contributed by atoms with Crippen molar-refractivity contribution >= 4 is 23.5 Å². The van der Waals surface area contributed by atoms with Gasteiger partial charge in [0.15, 0.2) is 0 Å². The van der Waals surface area contributed by atoms with E-state index in [2.05, 4.69) is 0 Å². The van der Waals surface area contributed by atoms with Crippen LogP contribution in [0.15, 0.2) is 12.3 Å². The standard InChI is InChI=1S/C13H17ClN2O3/c1-8(13(18)19)6-16(10-3-4-10)12(17)11-5-9(14)7-15(11)2/h5,7-8,10H,3-4,6H2,1-2H3,(H,18,19). The van der Waals surface area contributed by atoms with Gasteiger partial charge in [0.2, 0.25) is 0 Å². The summed E-state index contributed by atoms with van der Waals surface area (Å²) in [4.78, 5) is 25.1. The van der Waals surface area contributed by atoms with E-state index in [1.807, 2.05) is 0 Å². The fraction of sp³-hybridized carbons (Fsp3) is 0.538. The first kappa shape index (κ1) is 13.9. The Hall–Kier alpha value is -1.49. The number of carbonyl (C=O) groups excluding carboxylic acids is 1. The molecule has 1 amide bonds. The van der Waals surface area contributed by atoms with E-state index in [-0.39, 0.29) is 18.5 Å². The largest absolute Gasteiger partial charge is 0.481 e. The minimum Gasteiger partial charge on any atom is -0.481 e. The molecule has 1 saturated carbocycles. The summed E-state index contributed by atoms with van der Waals surface area (Å²) in [6.45, 7) is 1.85. The van der Waals surface area contributed by atoms with Gasteiger partial charge < -0.3 is 14.6 Å². The normalized spacial score (nSPS) is 16.2. The van der Waals surface area contributed by atoms with Crippen molar-refractivity contribution in [2.45, 2.75) is 25.8 Å². The Morgan fingerprint density at radius 2 is 2.21 bits per heavy atom. The highest BCUT2D eigenvalue weighted by Crippen LogP contribution is 2.29. The molecule has 1 aromatic heterocycles. The molecule has 1 aliphatic rings. The van der Waals surface area contributed by atoms with Crippen LogP contribution in [0.25, 0.3) is 0 Å². The fourth-order valence-corrected chi connectivity index (χ4v) is 2.29. The number of carboxylic acids is 1. The van der Waals surface area contributed by atoms with Crippen molar-refractivity contribution in [1.29, 1.82) is 0 Å². The van der Waals surface area contributed by atoms with E-state index in [1.54, 1.807) is 35.7 Å². The maximum Gasteiger partial charge on any atom is 0.308 e. The Balaban J connectivity index is 2.17. The van der Waals surface area contributed by atoms with Crippen LogP contribution in [0.5, 0.6) is 0 Å². The van der Waals surface area contributed by atoms with Gasteiger partial charge in [-0.15, -0.1) is 0 Å². The smallest absolute Gasteiger partial charge is 0.308 e. The van der Waals surface area contributed by atoms with E-state index >= 15 is 0 Å². The zero-order chi connectivity index (χ0) is 14.2. The van der Waals surface area contributed by atoms with Crippen molar-refractivity contribution in [3.63, 3.8) is 0 Å². The van der Waals surface area contributed by atoms with Crippen molar-refractivity contribution in [2.24, 2.45) is 13.0 Å².